The smallest absolute Gasteiger partial charge is 0.306 e. The number of hydrogen-bond acceptors (Lipinski definition) is 6. The summed E-state index contributed by atoms with van der Waals surface area (Å²) in [5.41, 5.74) is -6.32. The number of halogens is 2. The lowest BCUT2D eigenvalue weighted by Gasteiger charge is -2.63. The second kappa shape index (κ2) is 8.05. The summed E-state index contributed by atoms with van der Waals surface area (Å²) in [7, 11) is 1.62. The molecule has 2 N–H and O–H groups in total. The predicted octanol–water partition coefficient (Wildman–Crippen LogP) is 3.03. The van der Waals surface area contributed by atoms with E-state index in [0.29, 0.717) is 6.42 Å². The lowest BCUT2D eigenvalue weighted by Crippen LogP contribution is -2.71. The van der Waals surface area contributed by atoms with Crippen molar-refractivity contribution < 1.29 is 33.0 Å². The fourth-order valence-corrected chi connectivity index (χ4v) is 7.94. The van der Waals surface area contributed by atoms with Gasteiger partial charge in [-0.3, -0.25) is 14.4 Å². The third kappa shape index (κ3) is 2.93. The van der Waals surface area contributed by atoms with Gasteiger partial charge >= 0.3 is 5.97 Å². The molecule has 3 fully saturated rings. The molecule has 4 aliphatic carbocycles. The Hall–Kier alpha value is -1.93. The van der Waals surface area contributed by atoms with Crippen LogP contribution in [-0.4, -0.2) is 59.8 Å². The quantitative estimate of drug-likeness (QED) is 0.589. The number of Topliss-reactive ketones (excluding diaryl/α,β-unsaturated/α-hetero) is 1. The average Bonchev–Trinajstić information content (AvgIpc) is 2.99. The highest BCUT2D eigenvalue weighted by Gasteiger charge is 2.77. The van der Waals surface area contributed by atoms with Crippen molar-refractivity contribution in [2.75, 3.05) is 13.6 Å². The zero-order chi connectivity index (χ0) is 25.3. The van der Waals surface area contributed by atoms with Gasteiger partial charge in [0.25, 0.3) is 0 Å². The number of ether oxygens (including phenoxy) is 1. The van der Waals surface area contributed by atoms with Crippen LogP contribution in [-0.2, 0) is 19.1 Å². The normalized spacial score (nSPS) is 47.4. The molecule has 0 aliphatic heterocycles. The molecule has 6 nitrogen and oxygen atoms in total. The van der Waals surface area contributed by atoms with Crippen molar-refractivity contribution in [3.63, 3.8) is 0 Å². The number of nitrogens with one attached hydrogen (secondary N) is 1. The van der Waals surface area contributed by atoms with Gasteiger partial charge in [0.1, 0.15) is 6.17 Å². The Kier molecular flexibility index (Phi) is 5.96. The Labute approximate surface area is 199 Å². The number of carbonyl (C=O) groups excluding carboxylic acids is 3. The molecule has 3 saturated carbocycles. The van der Waals surface area contributed by atoms with Crippen molar-refractivity contribution in [3.8, 4) is 0 Å². The SMILES string of the molecule is CCC(=O)OC1(C(=O)CNC)C(C)CC2C3CC(F)C4=CC(=O)C=CC4(C)C3(F)C(O)CC21C. The van der Waals surface area contributed by atoms with Crippen LogP contribution >= 0.6 is 0 Å². The topological polar surface area (TPSA) is 92.7 Å². The van der Waals surface area contributed by atoms with Gasteiger partial charge in [0.05, 0.1) is 12.6 Å². The summed E-state index contributed by atoms with van der Waals surface area (Å²) < 4.78 is 38.8. The number of fused-ring (bicyclic) bond motifs is 5. The molecule has 8 heteroatoms. The van der Waals surface area contributed by atoms with Crippen LogP contribution in [0.1, 0.15) is 53.4 Å². The molecule has 9 atom stereocenters. The van der Waals surface area contributed by atoms with Gasteiger partial charge in [0, 0.05) is 29.1 Å². The third-order valence-electron chi connectivity index (χ3n) is 9.48. The third-order valence-corrected chi connectivity index (χ3v) is 9.48. The van der Waals surface area contributed by atoms with E-state index in [1.165, 1.54) is 12.2 Å². The number of likely N-dealkylation sites (N-methyl/N-ethyl adjacent to an activating group) is 1. The summed E-state index contributed by atoms with van der Waals surface area (Å²) in [5, 5.41) is 14.3. The number of allylic oxidation sites excluding steroid dienone is 4. The summed E-state index contributed by atoms with van der Waals surface area (Å²) in [6.45, 7) is 6.73. The largest absolute Gasteiger partial charge is 0.450 e. The molecule has 0 radical (unpaired) electrons. The first-order valence-corrected chi connectivity index (χ1v) is 12.2. The number of hydrogen-bond donors (Lipinski definition) is 2. The van der Waals surface area contributed by atoms with Crippen molar-refractivity contribution in [3.05, 3.63) is 23.8 Å². The molecule has 9 unspecified atom stereocenters. The van der Waals surface area contributed by atoms with E-state index in [9.17, 15) is 19.5 Å². The first-order chi connectivity index (χ1) is 15.8. The molecular formula is C26H35F2NO5. The molecule has 4 aliphatic rings. The highest BCUT2D eigenvalue weighted by molar-refractivity contribution is 6.01. The zero-order valence-corrected chi connectivity index (χ0v) is 20.5. The van der Waals surface area contributed by atoms with Crippen LogP contribution in [0.5, 0.6) is 0 Å². The maximum atomic E-state index is 17.3. The lowest BCUT2D eigenvalue weighted by molar-refractivity contribution is -0.230. The number of aliphatic hydroxyl groups excluding tert-OH is 1. The van der Waals surface area contributed by atoms with Crippen LogP contribution in [0.3, 0.4) is 0 Å². The van der Waals surface area contributed by atoms with Gasteiger partial charge in [0.2, 0.25) is 0 Å². The van der Waals surface area contributed by atoms with Crippen LogP contribution in [0.15, 0.2) is 23.8 Å². The van der Waals surface area contributed by atoms with Crippen molar-refractivity contribution >= 4 is 17.5 Å². The minimum atomic E-state index is -2.24. The van der Waals surface area contributed by atoms with Crippen molar-refractivity contribution in [1.82, 2.24) is 5.32 Å². The van der Waals surface area contributed by atoms with Gasteiger partial charge in [0.15, 0.2) is 22.8 Å². The number of alkyl halides is 2. The molecule has 0 aromatic carbocycles. The molecule has 188 valence electrons. The van der Waals surface area contributed by atoms with E-state index in [0.717, 1.165) is 6.08 Å². The Bertz CT molecular complexity index is 980. The van der Waals surface area contributed by atoms with Crippen LogP contribution in [0.25, 0.3) is 0 Å². The summed E-state index contributed by atoms with van der Waals surface area (Å²) in [6.07, 6.45) is 0.776. The monoisotopic (exact) mass is 479 g/mol. The summed E-state index contributed by atoms with van der Waals surface area (Å²) in [6, 6.07) is 0. The Morgan fingerprint density at radius 1 is 1.26 bits per heavy atom. The van der Waals surface area contributed by atoms with Crippen molar-refractivity contribution in [2.45, 2.75) is 76.9 Å². The number of rotatable bonds is 5. The maximum Gasteiger partial charge on any atom is 0.306 e. The highest BCUT2D eigenvalue weighted by Crippen LogP contribution is 2.71. The molecule has 0 bridgehead atoms. The van der Waals surface area contributed by atoms with Gasteiger partial charge in [-0.05, 0) is 56.9 Å². The predicted molar refractivity (Wildman–Crippen MR) is 121 cm³/mol. The Morgan fingerprint density at radius 2 is 1.94 bits per heavy atom. The maximum absolute atomic E-state index is 17.3. The molecule has 0 aromatic heterocycles. The van der Waals surface area contributed by atoms with E-state index in [1.54, 1.807) is 27.8 Å². The van der Waals surface area contributed by atoms with Crippen molar-refractivity contribution in [2.24, 2.45) is 28.6 Å². The van der Waals surface area contributed by atoms with E-state index >= 15 is 8.78 Å². The second-order valence-electron chi connectivity index (χ2n) is 11.0. The average molecular weight is 480 g/mol. The number of ketones is 2. The first-order valence-electron chi connectivity index (χ1n) is 12.2. The van der Waals surface area contributed by atoms with E-state index in [1.807, 2.05) is 6.92 Å². The fourth-order valence-electron chi connectivity index (χ4n) is 7.94. The van der Waals surface area contributed by atoms with Gasteiger partial charge in [-0.25, -0.2) is 8.78 Å². The van der Waals surface area contributed by atoms with E-state index in [-0.39, 0.29) is 37.2 Å². The number of carbonyl (C=O) groups is 3. The molecular weight excluding hydrogens is 444 g/mol. The molecule has 0 amide bonds. The standard InChI is InChI=1S/C26H35F2NO5/c1-6-22(33)34-26(21(32)13-29-5)14(2)9-16-17-11-19(27)18-10-15(30)7-8-23(18,3)25(17,28)20(31)12-24(16,26)4/h7-8,10,14,16-17,19-20,29,31H,6,9,11-13H2,1-5H3. The van der Waals surface area contributed by atoms with Crippen LogP contribution in [0.2, 0.25) is 0 Å². The molecule has 4 rings (SSSR count). The number of aliphatic hydroxyl groups is 1. The van der Waals surface area contributed by atoms with Crippen LogP contribution < -0.4 is 5.32 Å². The van der Waals surface area contributed by atoms with E-state index < -0.39 is 63.9 Å². The van der Waals surface area contributed by atoms with E-state index in [4.69, 9.17) is 4.74 Å². The molecule has 34 heavy (non-hydrogen) atoms. The minimum Gasteiger partial charge on any atom is -0.450 e. The molecule has 0 spiro atoms. The van der Waals surface area contributed by atoms with Crippen molar-refractivity contribution in [1.29, 1.82) is 0 Å². The Morgan fingerprint density at radius 3 is 2.56 bits per heavy atom. The highest BCUT2D eigenvalue weighted by atomic mass is 19.1. The van der Waals surface area contributed by atoms with Gasteiger partial charge < -0.3 is 15.2 Å². The second-order valence-corrected chi connectivity index (χ2v) is 11.0. The zero-order valence-electron chi connectivity index (χ0n) is 20.5. The van der Waals surface area contributed by atoms with Gasteiger partial charge in [-0.2, -0.15) is 0 Å². The van der Waals surface area contributed by atoms with Crippen LogP contribution in [0.4, 0.5) is 8.78 Å². The number of esters is 1. The molecule has 0 aromatic rings. The summed E-state index contributed by atoms with van der Waals surface area (Å²) >= 11 is 0. The fraction of sp³-hybridized carbons (Fsp3) is 0.731. The Balaban J connectivity index is 1.87. The van der Waals surface area contributed by atoms with E-state index in [2.05, 4.69) is 5.32 Å². The molecule has 0 heterocycles. The molecule has 0 saturated heterocycles. The van der Waals surface area contributed by atoms with Gasteiger partial charge in [-0.1, -0.05) is 26.8 Å². The van der Waals surface area contributed by atoms with Gasteiger partial charge in [-0.15, -0.1) is 0 Å². The van der Waals surface area contributed by atoms with Crippen LogP contribution in [0, 0.1) is 28.6 Å². The summed E-state index contributed by atoms with van der Waals surface area (Å²) in [5.74, 6) is -3.14. The first kappa shape index (κ1) is 25.2. The summed E-state index contributed by atoms with van der Waals surface area (Å²) in [4.78, 5) is 38.1. The minimum absolute atomic E-state index is 0.0492. The lowest BCUT2D eigenvalue weighted by atomic mass is 9.44.